The molecule has 0 spiro atoms. The van der Waals surface area contributed by atoms with E-state index in [4.69, 9.17) is 4.74 Å². The normalized spacial score (nSPS) is 18.6. The predicted octanol–water partition coefficient (Wildman–Crippen LogP) is 5.01. The first-order valence-corrected chi connectivity index (χ1v) is 19.2. The second-order valence-corrected chi connectivity index (χ2v) is 15.6. The molecular weight excluding hydrogens is 731 g/mol. The number of anilines is 1. The maximum atomic E-state index is 13.8. The molecule has 4 aromatic rings. The van der Waals surface area contributed by atoms with E-state index in [1.807, 2.05) is 57.2 Å². The second kappa shape index (κ2) is 18.1. The van der Waals surface area contributed by atoms with Gasteiger partial charge in [0.1, 0.15) is 11.6 Å². The molecule has 2 aliphatic rings. The molecule has 1 aliphatic carbocycles. The summed E-state index contributed by atoms with van der Waals surface area (Å²) in [6.07, 6.45) is 2.16. The molecule has 3 aromatic carbocycles. The number of alkyl carbamates (subject to hydrolysis) is 1. The number of ether oxygens (including phenoxy) is 1. The Morgan fingerprint density at radius 2 is 1.53 bits per heavy atom. The van der Waals surface area contributed by atoms with Crippen LogP contribution in [0.25, 0.3) is 22.5 Å². The molecule has 1 aliphatic heterocycles. The number of H-pyrrole nitrogens is 1. The first kappa shape index (κ1) is 40.3. The van der Waals surface area contributed by atoms with E-state index in [0.717, 1.165) is 35.1 Å². The van der Waals surface area contributed by atoms with Gasteiger partial charge >= 0.3 is 12.2 Å². The zero-order valence-corrected chi connectivity index (χ0v) is 32.3. The molecular formula is C41H49N9O7. The SMILES string of the molecule is CC(C)(C)OC(=O)NC[C@H]1CC[C@H](C(=O)N[C@@H](Cc2ccc(-c3ccc(C(=O)N[C@@H]4CCN(C(=O)O)C4)cc3)cc2)C(=O)Nc2ccc(-c3nn[nH]n3)cc2)CC1. The second-order valence-electron chi connectivity index (χ2n) is 15.6. The molecule has 2 heterocycles. The maximum absolute atomic E-state index is 13.8. The van der Waals surface area contributed by atoms with Crippen LogP contribution in [0.5, 0.6) is 0 Å². The van der Waals surface area contributed by atoms with Crippen LogP contribution in [-0.4, -0.2) is 97.9 Å². The van der Waals surface area contributed by atoms with E-state index < -0.39 is 23.8 Å². The number of aromatic amines is 1. The Labute approximate surface area is 330 Å². The molecule has 1 aromatic heterocycles. The fourth-order valence-corrected chi connectivity index (χ4v) is 7.09. The van der Waals surface area contributed by atoms with Crippen LogP contribution >= 0.6 is 0 Å². The summed E-state index contributed by atoms with van der Waals surface area (Å²) in [5, 5.41) is 34.9. The van der Waals surface area contributed by atoms with Gasteiger partial charge in [-0.1, -0.05) is 36.4 Å². The summed E-state index contributed by atoms with van der Waals surface area (Å²) in [4.78, 5) is 64.9. The fraction of sp³-hybridized carbons (Fsp3) is 0.415. The van der Waals surface area contributed by atoms with Crippen molar-refractivity contribution < 1.29 is 33.8 Å². The number of hydrogen-bond acceptors (Lipinski definition) is 9. The third kappa shape index (κ3) is 11.4. The standard InChI is InChI=1S/C41H49N9O7/c1-41(2,3)57-39(54)42-23-26-6-10-30(11-7-26)37(52)45-34(38(53)43-32-18-16-29(17-19-32)35-46-48-49-47-35)22-25-4-8-27(9-5-25)28-12-14-31(15-13-28)36(51)44-33-20-21-50(24-33)40(55)56/h4-5,8-9,12-19,26,30,33-34H,6-7,10-11,20-24H2,1-3H3,(H,42,54)(H,43,53)(H,44,51)(H,45,52)(H,55,56)(H,46,47,48,49)/t26-,30-,33-,34+/m1/s1. The van der Waals surface area contributed by atoms with Gasteiger partial charge in [0.05, 0.1) is 0 Å². The number of rotatable bonds is 12. The predicted molar refractivity (Wildman–Crippen MR) is 211 cm³/mol. The minimum absolute atomic E-state index is 0.186. The summed E-state index contributed by atoms with van der Waals surface area (Å²) in [7, 11) is 0. The highest BCUT2D eigenvalue weighted by molar-refractivity contribution is 5.98. The minimum Gasteiger partial charge on any atom is -0.465 e. The molecule has 6 N–H and O–H groups in total. The van der Waals surface area contributed by atoms with Crippen molar-refractivity contribution in [2.75, 3.05) is 25.0 Å². The van der Waals surface area contributed by atoms with Crippen LogP contribution in [0.3, 0.4) is 0 Å². The van der Waals surface area contributed by atoms with E-state index in [9.17, 15) is 29.1 Å². The van der Waals surface area contributed by atoms with Crippen molar-refractivity contribution in [2.24, 2.45) is 11.8 Å². The van der Waals surface area contributed by atoms with E-state index in [0.29, 0.717) is 49.4 Å². The van der Waals surface area contributed by atoms with Crippen molar-refractivity contribution >= 4 is 35.6 Å². The molecule has 1 saturated carbocycles. The van der Waals surface area contributed by atoms with Gasteiger partial charge in [0.15, 0.2) is 0 Å². The largest absolute Gasteiger partial charge is 0.465 e. The highest BCUT2D eigenvalue weighted by atomic mass is 16.6. The van der Waals surface area contributed by atoms with Crippen LogP contribution in [0.1, 0.15) is 68.8 Å². The van der Waals surface area contributed by atoms with Crippen LogP contribution in [0, 0.1) is 11.8 Å². The van der Waals surface area contributed by atoms with Gasteiger partial charge in [-0.05, 0) is 117 Å². The van der Waals surface area contributed by atoms with Gasteiger partial charge in [-0.2, -0.15) is 5.21 Å². The number of nitrogens with zero attached hydrogens (tertiary/aromatic N) is 4. The van der Waals surface area contributed by atoms with Crippen molar-refractivity contribution in [3.05, 3.63) is 83.9 Å². The lowest BCUT2D eigenvalue weighted by Crippen LogP contribution is -2.48. The van der Waals surface area contributed by atoms with Crippen molar-refractivity contribution in [2.45, 2.75) is 77.0 Å². The van der Waals surface area contributed by atoms with Gasteiger partial charge < -0.3 is 36.0 Å². The number of benzene rings is 3. The molecule has 0 radical (unpaired) electrons. The van der Waals surface area contributed by atoms with Crippen molar-refractivity contribution in [1.82, 2.24) is 41.5 Å². The number of likely N-dealkylation sites (tertiary alicyclic amines) is 1. The Kier molecular flexibility index (Phi) is 12.8. The number of carbonyl (C=O) groups is 5. The maximum Gasteiger partial charge on any atom is 0.407 e. The summed E-state index contributed by atoms with van der Waals surface area (Å²) in [5.74, 6) is -0.421. The highest BCUT2D eigenvalue weighted by Crippen LogP contribution is 2.29. The fourth-order valence-electron chi connectivity index (χ4n) is 7.09. The zero-order chi connectivity index (χ0) is 40.5. The average molecular weight is 780 g/mol. The minimum atomic E-state index is -0.990. The number of nitrogens with one attached hydrogen (secondary N) is 5. The molecule has 57 heavy (non-hydrogen) atoms. The Hall–Kier alpha value is -6.32. The molecule has 16 heteroatoms. The summed E-state index contributed by atoms with van der Waals surface area (Å²) in [5.41, 5.74) is 3.80. The lowest BCUT2D eigenvalue weighted by atomic mass is 9.81. The Morgan fingerprint density at radius 1 is 0.877 bits per heavy atom. The van der Waals surface area contributed by atoms with Gasteiger partial charge in [-0.3, -0.25) is 14.4 Å². The third-order valence-corrected chi connectivity index (χ3v) is 10.2. The lowest BCUT2D eigenvalue weighted by Gasteiger charge is -2.29. The van der Waals surface area contributed by atoms with Gasteiger partial charge in [0.2, 0.25) is 17.6 Å². The van der Waals surface area contributed by atoms with E-state index in [1.165, 1.54) is 4.90 Å². The van der Waals surface area contributed by atoms with Crippen LogP contribution in [0.2, 0.25) is 0 Å². The first-order valence-electron chi connectivity index (χ1n) is 19.2. The van der Waals surface area contributed by atoms with E-state index in [-0.39, 0.29) is 48.6 Å². The lowest BCUT2D eigenvalue weighted by molar-refractivity contribution is -0.130. The van der Waals surface area contributed by atoms with E-state index in [1.54, 1.807) is 36.4 Å². The number of hydrogen-bond donors (Lipinski definition) is 6. The number of carboxylic acid groups (broad SMARTS) is 1. The van der Waals surface area contributed by atoms with Gasteiger partial charge in [-0.25, -0.2) is 9.59 Å². The van der Waals surface area contributed by atoms with E-state index in [2.05, 4.69) is 41.9 Å². The molecule has 1 saturated heterocycles. The highest BCUT2D eigenvalue weighted by Gasteiger charge is 2.31. The smallest absolute Gasteiger partial charge is 0.407 e. The van der Waals surface area contributed by atoms with Gasteiger partial charge in [-0.15, -0.1) is 10.2 Å². The molecule has 0 bridgehead atoms. The van der Waals surface area contributed by atoms with Crippen molar-refractivity contribution in [3.63, 3.8) is 0 Å². The summed E-state index contributed by atoms with van der Waals surface area (Å²) >= 11 is 0. The zero-order valence-electron chi connectivity index (χ0n) is 32.3. The number of amides is 5. The van der Waals surface area contributed by atoms with Crippen LogP contribution < -0.4 is 21.3 Å². The molecule has 5 amide bonds. The van der Waals surface area contributed by atoms with Crippen LogP contribution in [-0.2, 0) is 20.7 Å². The van der Waals surface area contributed by atoms with E-state index >= 15 is 0 Å². The molecule has 6 rings (SSSR count). The van der Waals surface area contributed by atoms with Crippen molar-refractivity contribution in [3.8, 4) is 22.5 Å². The molecule has 16 nitrogen and oxygen atoms in total. The molecule has 2 fully saturated rings. The molecule has 300 valence electrons. The van der Waals surface area contributed by atoms with Crippen molar-refractivity contribution in [1.29, 1.82) is 0 Å². The Bertz CT molecular complexity index is 2010. The average Bonchev–Trinajstić information content (AvgIpc) is 3.91. The van der Waals surface area contributed by atoms with Gasteiger partial charge in [0, 0.05) is 54.8 Å². The quantitative estimate of drug-likeness (QED) is 0.113. The third-order valence-electron chi connectivity index (χ3n) is 10.2. The van der Waals surface area contributed by atoms with Gasteiger partial charge in [0.25, 0.3) is 5.91 Å². The molecule has 0 unspecified atom stereocenters. The Balaban J connectivity index is 1.08. The molecule has 2 atom stereocenters. The first-order chi connectivity index (χ1) is 27.3. The topological polar surface area (TPSA) is 221 Å². The summed E-state index contributed by atoms with van der Waals surface area (Å²) in [6, 6.07) is 20.8. The number of carbonyl (C=O) groups excluding carboxylic acids is 4. The van der Waals surface area contributed by atoms with Crippen LogP contribution in [0.15, 0.2) is 72.8 Å². The summed E-state index contributed by atoms with van der Waals surface area (Å²) in [6.45, 7) is 6.59. The summed E-state index contributed by atoms with van der Waals surface area (Å²) < 4.78 is 5.35. The van der Waals surface area contributed by atoms with Crippen LogP contribution in [0.4, 0.5) is 15.3 Å². The Morgan fingerprint density at radius 3 is 2.12 bits per heavy atom. The monoisotopic (exact) mass is 779 g/mol. The number of aromatic nitrogens is 4. The number of tetrazole rings is 1.